The topological polar surface area (TPSA) is 293 Å². The molecule has 18 nitrogen and oxygen atoms in total. The summed E-state index contributed by atoms with van der Waals surface area (Å²) < 4.78 is 0. The molecule has 0 rings (SSSR count). The van der Waals surface area contributed by atoms with E-state index in [2.05, 4.69) is 201 Å². The molecule has 0 aliphatic heterocycles. The van der Waals surface area contributed by atoms with Crippen LogP contribution in [-0.4, -0.2) is 239 Å². The van der Waals surface area contributed by atoms with Gasteiger partial charge in [0.2, 0.25) is 0 Å². The zero-order valence-electron chi connectivity index (χ0n) is 88.3. The fraction of sp³-hybridized carbons (Fsp3) is 0.862. The first-order chi connectivity index (χ1) is 53.2. The summed E-state index contributed by atoms with van der Waals surface area (Å²) >= 11 is 0. The smallest absolute Gasteiger partial charge is 0.117 e. The molecule has 7 unspecified atom stereocenters. The van der Waals surface area contributed by atoms with Crippen molar-refractivity contribution < 1.29 is 197 Å². The van der Waals surface area contributed by atoms with Gasteiger partial charge in [-0.05, 0) is 178 Å². The molecule has 0 saturated carbocycles. The third kappa shape index (κ3) is 56.3. The van der Waals surface area contributed by atoms with E-state index in [-0.39, 0.29) is 169 Å². The first kappa shape index (κ1) is 169. The van der Waals surface area contributed by atoms with Crippen molar-refractivity contribution in [1.82, 2.24) is 0 Å². The van der Waals surface area contributed by atoms with Crippen LogP contribution in [0.2, 0.25) is 75.5 Å². The van der Waals surface area contributed by atoms with E-state index in [4.69, 9.17) is 0 Å². The summed E-state index contributed by atoms with van der Waals surface area (Å²) in [5.74, 6) is 0.670. The molecule has 9 N–H and O–H groups in total. The van der Waals surface area contributed by atoms with Crippen LogP contribution in [0.15, 0.2) is 70.2 Å². The van der Waals surface area contributed by atoms with Crippen LogP contribution in [0.1, 0.15) is 326 Å². The zero-order chi connectivity index (χ0) is 94.2. The molecule has 125 heavy (non-hydrogen) atoms. The second-order valence-corrected chi connectivity index (χ2v) is 56.5. The van der Waals surface area contributed by atoms with E-state index in [0.717, 1.165) is 197 Å². The molecular weight excluding hydrogens is 2040 g/mol. The van der Waals surface area contributed by atoms with Crippen LogP contribution in [0, 0.1) is 17.8 Å². The first-order valence-corrected chi connectivity index (χ1v) is 57.8. The molecule has 7 atom stereocenters. The zero-order valence-corrected chi connectivity index (χ0v) is 102. The van der Waals surface area contributed by atoms with Crippen molar-refractivity contribution in [2.75, 3.05) is 60.4 Å². The Balaban J connectivity index is -0.0000000640. The molecule has 0 amide bonds. The maximum Gasteiger partial charge on any atom is 0.117 e. The normalized spacial score (nSPS) is 15.8. The molecule has 0 spiro atoms. The molecule has 31 heteroatoms. The quantitative estimate of drug-likeness (QED) is 0.0159. The van der Waals surface area contributed by atoms with E-state index in [1.165, 1.54) is 12.2 Å². The molecule has 773 valence electrons. The molecular formula is C94H201Co9N9O9Si4. The molecule has 0 saturated heterocycles. The van der Waals surface area contributed by atoms with Crippen molar-refractivity contribution in [3.05, 3.63) is 25.3 Å². The van der Waals surface area contributed by atoms with Gasteiger partial charge in [-0.15, -0.1) is 0 Å². The molecule has 9 radical (unpaired) electrons. The van der Waals surface area contributed by atoms with Crippen LogP contribution in [0.3, 0.4) is 0 Å². The Morgan fingerprint density at radius 2 is 0.472 bits per heavy atom. The van der Waals surface area contributed by atoms with Crippen LogP contribution >= 0.6 is 0 Å². The Kier molecular flexibility index (Phi) is 116. The van der Waals surface area contributed by atoms with Crippen molar-refractivity contribution >= 4 is 83.7 Å². The number of aliphatic hydroxyl groups is 9. The summed E-state index contributed by atoms with van der Waals surface area (Å²) in [6, 6.07) is 6.80. The summed E-state index contributed by atoms with van der Waals surface area (Å²) in [6.45, 7) is 97.9. The monoisotopic (exact) mass is 2240 g/mol. The van der Waals surface area contributed by atoms with E-state index in [9.17, 15) is 46.0 Å². The number of rotatable bonds is 42. The van der Waals surface area contributed by atoms with Gasteiger partial charge in [0.25, 0.3) is 0 Å². The Labute approximate surface area is 871 Å². The molecule has 0 bridgehead atoms. The Morgan fingerprint density at radius 3 is 0.648 bits per heavy atom. The average Bonchev–Trinajstić information content (AvgIpc) is 0.794. The SMILES string of the molecule is C=CC(C)(O)C(CC)=NC.C=CC(C)(O)C(CC)=NCC.CCC(=NC)C(C)(O)[Si](C)(C)C.CCC(=NC)C(C)(O)[Si](CC)(CC)CC.CCN=C(CC)C(C)(O)[Si](C)(C)C.CCN=C(CC)C(C)(O)[Si](CC)(CC)CC.CCN=C(CC)C(O)(C(C)C)C(C)C.CCN=C(CC)C(O)(CC)C(C)C.CCN=C(CC)C(O)(CC)CC.[Co].[Co].[Co].[Co].[Co].[Co].[Co].[Co].[Co]. The van der Waals surface area contributed by atoms with Gasteiger partial charge in [-0.2, -0.15) is 0 Å². The number of hydrogen-bond donors (Lipinski definition) is 9. The van der Waals surface area contributed by atoms with Crippen LogP contribution in [-0.2, 0) is 151 Å². The number of hydrogen-bond acceptors (Lipinski definition) is 18. The van der Waals surface area contributed by atoms with Crippen LogP contribution in [0.5, 0.6) is 0 Å². The molecule has 0 aliphatic carbocycles. The van der Waals surface area contributed by atoms with E-state index >= 15 is 0 Å². The van der Waals surface area contributed by atoms with Crippen molar-refractivity contribution in [3.8, 4) is 0 Å². The standard InChI is InChI=1S/C13H29NOSi.C12H27NOSi.C12H25NO.C11H23NO.C10H23NOSi.C10H21NO.C9H21NOSi.C9H17NO.C8H15NO.9Co/c1-7-12(14-8-2)13(6,15)16(9-3,10-4)11-5;1-7-11(13-6)12(5,14)15(8-2,9-3)10-4;1-7-11(13-8-2)12(14,9(3)4)10(5)6;1-6-10(12-8-3)11(13,7-2)9(4)5;1-7-9(11-8-2)10(3,12)13(4,5)6;1-5-9(11-8-4)10(12,6-2)7-3;1-7-8(10-3)9(2,11)12(4,5)6;1-5-8(10-7-3)9(4,11)6-2;1-5-7(9-4)8(3,10)6-2;;;;;;;;;/h15H,7-11H2,1-6H3;14H,7-10H2,1-6H3;9-10,14H,7-8H2,1-6H3;9,13H,6-8H2,1-5H3;12H,7-8H2,1-6H3;12H,5-8H2,1-4H3;11H,7H2,1-6H3;6,11H,2,5,7H2,1,3-4H3;6,10H,2,5H2,1,3-4H3;;;;;;;;;. The predicted molar refractivity (Wildman–Crippen MR) is 536 cm³/mol. The van der Waals surface area contributed by atoms with Gasteiger partial charge in [-0.3, -0.25) is 44.9 Å². The van der Waals surface area contributed by atoms with Crippen LogP contribution < -0.4 is 0 Å². The predicted octanol–water partition coefficient (Wildman–Crippen LogP) is 22.6. The van der Waals surface area contributed by atoms with E-state index in [0.29, 0.717) is 6.54 Å². The van der Waals surface area contributed by atoms with Gasteiger partial charge in [-0.25, -0.2) is 0 Å². The summed E-state index contributed by atoms with van der Waals surface area (Å²) in [7, 11) is -1.18. The minimum absolute atomic E-state index is 0. The maximum atomic E-state index is 10.9. The van der Waals surface area contributed by atoms with Crippen molar-refractivity contribution in [2.45, 2.75) is 451 Å². The van der Waals surface area contributed by atoms with Gasteiger partial charge < -0.3 is 46.0 Å². The first-order valence-electron chi connectivity index (χ1n) is 45.6. The van der Waals surface area contributed by atoms with Crippen LogP contribution in [0.25, 0.3) is 0 Å². The fourth-order valence-corrected chi connectivity index (χ4v) is 26.2. The molecule has 0 aromatic heterocycles. The van der Waals surface area contributed by atoms with Crippen LogP contribution in [0.4, 0.5) is 0 Å². The molecule has 0 aromatic rings. The summed E-state index contributed by atoms with van der Waals surface area (Å²) in [4.78, 5) is 38.6. The van der Waals surface area contributed by atoms with Crippen molar-refractivity contribution in [1.29, 1.82) is 0 Å². The largest absolute Gasteiger partial charge is 0.388 e. The van der Waals surface area contributed by atoms with E-state index in [1.807, 2.05) is 132 Å². The summed E-state index contributed by atoms with van der Waals surface area (Å²) in [5, 5.41) is 90.1. The molecule has 0 fully saturated rings. The summed E-state index contributed by atoms with van der Waals surface area (Å²) in [6.07, 6.45) is 12.8. The van der Waals surface area contributed by atoms with Gasteiger partial charge in [-0.1, -0.05) is 267 Å². The second kappa shape index (κ2) is 86.0. The number of aliphatic imine (C=N–C) groups is 9. The molecule has 0 aliphatic rings. The summed E-state index contributed by atoms with van der Waals surface area (Å²) in [5.41, 5.74) is 4.40. The Morgan fingerprint density at radius 1 is 0.272 bits per heavy atom. The van der Waals surface area contributed by atoms with Gasteiger partial charge >= 0.3 is 0 Å². The minimum atomic E-state index is -1.64. The number of nitrogens with zero attached hydrogens (tertiary/aromatic N) is 9. The second-order valence-electron chi connectivity index (χ2n) is 34.2. The van der Waals surface area contributed by atoms with E-state index < -0.39 is 81.2 Å². The third-order valence-electron chi connectivity index (χ3n) is 25.1. The van der Waals surface area contributed by atoms with Gasteiger partial charge in [0.15, 0.2) is 0 Å². The third-order valence-corrected chi connectivity index (χ3v) is 44.3. The van der Waals surface area contributed by atoms with Gasteiger partial charge in [0.1, 0.15) is 28.0 Å². The molecule has 0 heterocycles. The maximum absolute atomic E-state index is 10.9. The van der Waals surface area contributed by atoms with E-state index in [1.54, 1.807) is 35.0 Å². The average molecular weight is 2240 g/mol. The molecule has 0 aromatic carbocycles. The van der Waals surface area contributed by atoms with Crippen molar-refractivity contribution in [2.24, 2.45) is 62.7 Å². The Hall–Kier alpha value is 1.58. The van der Waals surface area contributed by atoms with Gasteiger partial charge in [0, 0.05) is 263 Å². The van der Waals surface area contributed by atoms with Crippen molar-refractivity contribution in [3.63, 3.8) is 0 Å². The minimum Gasteiger partial charge on any atom is -0.388 e. The van der Waals surface area contributed by atoms with Gasteiger partial charge in [0.05, 0.1) is 53.2 Å². The fourth-order valence-electron chi connectivity index (χ4n) is 15.1. The Bertz CT molecular complexity index is 2850.